The molecule has 0 N–H and O–H groups in total. The molecule has 0 amide bonds. The van der Waals surface area contributed by atoms with Gasteiger partial charge in [0, 0.05) is 19.6 Å². The number of likely N-dealkylation sites (tertiary alicyclic amines) is 1. The summed E-state index contributed by atoms with van der Waals surface area (Å²) in [5.41, 5.74) is 4.02. The topological polar surface area (TPSA) is 12.5 Å². The van der Waals surface area contributed by atoms with Crippen molar-refractivity contribution in [2.75, 3.05) is 19.6 Å². The third-order valence-electron chi connectivity index (χ3n) is 6.06. The van der Waals surface area contributed by atoms with Gasteiger partial charge in [-0.2, -0.15) is 0 Å². The Labute approximate surface area is 144 Å². The van der Waals surface area contributed by atoms with E-state index >= 15 is 0 Å². The zero-order chi connectivity index (χ0) is 16.0. The average Bonchev–Trinajstić information content (AvgIpc) is 3.41. The Morgan fingerprint density at radius 3 is 2.38 bits per heavy atom. The number of fused-ring (bicyclic) bond motifs is 2. The van der Waals surface area contributed by atoms with Crippen molar-refractivity contribution in [2.24, 2.45) is 5.92 Å². The molecule has 2 heteroatoms. The molecule has 1 unspecified atom stereocenters. The first-order chi connectivity index (χ1) is 11.8. The summed E-state index contributed by atoms with van der Waals surface area (Å²) < 4.78 is 6.79. The minimum atomic E-state index is -0.0723. The Kier molecular flexibility index (Phi) is 3.50. The molecule has 0 radical (unpaired) electrons. The summed E-state index contributed by atoms with van der Waals surface area (Å²) in [6, 6.07) is 19.6. The molecule has 3 aliphatic rings. The summed E-state index contributed by atoms with van der Waals surface area (Å²) in [5, 5.41) is 0. The monoisotopic (exact) mass is 319 g/mol. The van der Waals surface area contributed by atoms with Gasteiger partial charge in [-0.3, -0.25) is 0 Å². The van der Waals surface area contributed by atoms with Crippen molar-refractivity contribution in [3.8, 4) is 0 Å². The van der Waals surface area contributed by atoms with E-state index < -0.39 is 0 Å². The van der Waals surface area contributed by atoms with E-state index in [1.54, 1.807) is 0 Å². The van der Waals surface area contributed by atoms with E-state index in [0.29, 0.717) is 0 Å². The van der Waals surface area contributed by atoms with Crippen molar-refractivity contribution in [3.63, 3.8) is 0 Å². The van der Waals surface area contributed by atoms with Crippen molar-refractivity contribution in [2.45, 2.75) is 37.4 Å². The van der Waals surface area contributed by atoms with Crippen LogP contribution in [0.15, 0.2) is 54.6 Å². The highest BCUT2D eigenvalue weighted by molar-refractivity contribution is 5.43. The minimum absolute atomic E-state index is 0.0723. The van der Waals surface area contributed by atoms with Crippen LogP contribution in [0.4, 0.5) is 0 Å². The summed E-state index contributed by atoms with van der Waals surface area (Å²) in [4.78, 5) is 2.66. The lowest BCUT2D eigenvalue weighted by Crippen LogP contribution is -2.43. The number of nitrogens with zero attached hydrogens (tertiary/aromatic N) is 1. The lowest BCUT2D eigenvalue weighted by Gasteiger charge is -2.40. The first-order valence-electron chi connectivity index (χ1n) is 9.39. The van der Waals surface area contributed by atoms with Crippen molar-refractivity contribution in [1.29, 1.82) is 0 Å². The Bertz CT molecular complexity index is 714. The molecular formula is C22H25NO. The van der Waals surface area contributed by atoms with Gasteiger partial charge in [0.15, 0.2) is 0 Å². The zero-order valence-electron chi connectivity index (χ0n) is 14.2. The van der Waals surface area contributed by atoms with Crippen molar-refractivity contribution >= 4 is 0 Å². The van der Waals surface area contributed by atoms with Crippen molar-refractivity contribution < 1.29 is 4.74 Å². The van der Waals surface area contributed by atoms with E-state index in [0.717, 1.165) is 18.8 Å². The summed E-state index contributed by atoms with van der Waals surface area (Å²) in [6.45, 7) is 3.65. The fourth-order valence-corrected chi connectivity index (χ4v) is 4.52. The van der Waals surface area contributed by atoms with Crippen LogP contribution in [0.1, 0.15) is 48.5 Å². The predicted octanol–water partition coefficient (Wildman–Crippen LogP) is 4.51. The molecule has 1 spiro atoms. The van der Waals surface area contributed by atoms with E-state index in [1.807, 2.05) is 0 Å². The summed E-state index contributed by atoms with van der Waals surface area (Å²) in [6.07, 6.45) is 5.23. The van der Waals surface area contributed by atoms with E-state index in [-0.39, 0.29) is 11.7 Å². The number of rotatable bonds is 3. The van der Waals surface area contributed by atoms with Crippen LogP contribution in [0.2, 0.25) is 0 Å². The second-order valence-corrected chi connectivity index (χ2v) is 7.73. The average molecular weight is 319 g/mol. The lowest BCUT2D eigenvalue weighted by atomic mass is 9.83. The van der Waals surface area contributed by atoms with E-state index in [4.69, 9.17) is 4.74 Å². The Morgan fingerprint density at radius 2 is 1.62 bits per heavy atom. The van der Waals surface area contributed by atoms with Gasteiger partial charge in [-0.15, -0.1) is 0 Å². The first kappa shape index (κ1) is 14.7. The molecule has 1 saturated carbocycles. The van der Waals surface area contributed by atoms with Gasteiger partial charge < -0.3 is 9.64 Å². The highest BCUT2D eigenvalue weighted by Gasteiger charge is 2.47. The molecular weight excluding hydrogens is 294 g/mol. The number of ether oxygens (including phenoxy) is 1. The maximum atomic E-state index is 6.79. The lowest BCUT2D eigenvalue weighted by molar-refractivity contribution is -0.0971. The smallest absolute Gasteiger partial charge is 0.109 e. The molecule has 2 nitrogen and oxygen atoms in total. The van der Waals surface area contributed by atoms with Gasteiger partial charge in [0.2, 0.25) is 0 Å². The van der Waals surface area contributed by atoms with Crippen LogP contribution in [0.5, 0.6) is 0 Å². The van der Waals surface area contributed by atoms with Crippen LogP contribution in [-0.4, -0.2) is 24.5 Å². The van der Waals surface area contributed by atoms with Crippen molar-refractivity contribution in [3.05, 3.63) is 71.3 Å². The van der Waals surface area contributed by atoms with Crippen molar-refractivity contribution in [1.82, 2.24) is 4.90 Å². The van der Waals surface area contributed by atoms with Gasteiger partial charge in [-0.25, -0.2) is 0 Å². The van der Waals surface area contributed by atoms with Crippen LogP contribution in [-0.2, 0) is 10.3 Å². The Morgan fingerprint density at radius 1 is 0.917 bits per heavy atom. The number of benzene rings is 2. The van der Waals surface area contributed by atoms with E-state index in [9.17, 15) is 0 Å². The third kappa shape index (κ3) is 2.49. The molecule has 24 heavy (non-hydrogen) atoms. The summed E-state index contributed by atoms with van der Waals surface area (Å²) in [5.74, 6) is 0.980. The molecule has 1 saturated heterocycles. The molecule has 124 valence electrons. The SMILES string of the molecule is c1ccc(C2OC3(CCN(CC4CC4)CC3)c3ccccc32)cc1. The van der Waals surface area contributed by atoms with Gasteiger partial charge in [0.1, 0.15) is 6.10 Å². The quantitative estimate of drug-likeness (QED) is 0.825. The van der Waals surface area contributed by atoms with Crippen LogP contribution in [0.3, 0.4) is 0 Å². The van der Waals surface area contributed by atoms with Crippen LogP contribution in [0, 0.1) is 5.92 Å². The molecule has 2 aromatic carbocycles. The fraction of sp³-hybridized carbons (Fsp3) is 0.455. The number of piperidine rings is 1. The van der Waals surface area contributed by atoms with Crippen LogP contribution >= 0.6 is 0 Å². The van der Waals surface area contributed by atoms with Gasteiger partial charge in [0.05, 0.1) is 5.60 Å². The van der Waals surface area contributed by atoms with Gasteiger partial charge in [0.25, 0.3) is 0 Å². The minimum Gasteiger partial charge on any atom is -0.358 e. The Hall–Kier alpha value is -1.64. The highest BCUT2D eigenvalue weighted by atomic mass is 16.5. The summed E-state index contributed by atoms with van der Waals surface area (Å²) >= 11 is 0. The number of hydrogen-bond acceptors (Lipinski definition) is 2. The standard InChI is InChI=1S/C22H25NO/c1-2-6-18(7-3-1)21-19-8-4-5-9-20(19)22(24-21)12-14-23(15-13-22)16-17-10-11-17/h1-9,17,21H,10-16H2. The molecule has 2 aliphatic heterocycles. The maximum Gasteiger partial charge on any atom is 0.109 e. The van der Waals surface area contributed by atoms with Crippen LogP contribution in [0.25, 0.3) is 0 Å². The predicted molar refractivity (Wildman–Crippen MR) is 95.9 cm³/mol. The second kappa shape index (κ2) is 5.72. The molecule has 5 rings (SSSR count). The van der Waals surface area contributed by atoms with Crippen LogP contribution < -0.4 is 0 Å². The molecule has 1 aliphatic carbocycles. The van der Waals surface area contributed by atoms with Gasteiger partial charge >= 0.3 is 0 Å². The van der Waals surface area contributed by atoms with E-state index in [1.165, 1.54) is 49.2 Å². The largest absolute Gasteiger partial charge is 0.358 e. The van der Waals surface area contributed by atoms with Gasteiger partial charge in [-0.1, -0.05) is 54.6 Å². The van der Waals surface area contributed by atoms with Gasteiger partial charge in [-0.05, 0) is 48.3 Å². The molecule has 0 bridgehead atoms. The third-order valence-corrected chi connectivity index (χ3v) is 6.06. The number of hydrogen-bond donors (Lipinski definition) is 0. The molecule has 2 heterocycles. The maximum absolute atomic E-state index is 6.79. The second-order valence-electron chi connectivity index (χ2n) is 7.73. The molecule has 0 aromatic heterocycles. The zero-order valence-corrected chi connectivity index (χ0v) is 14.2. The Balaban J connectivity index is 1.43. The summed E-state index contributed by atoms with van der Waals surface area (Å²) in [7, 11) is 0. The molecule has 1 atom stereocenters. The first-order valence-corrected chi connectivity index (χ1v) is 9.39. The molecule has 2 aromatic rings. The van der Waals surface area contributed by atoms with E-state index in [2.05, 4.69) is 59.5 Å². The molecule has 2 fully saturated rings. The highest BCUT2D eigenvalue weighted by Crippen LogP contribution is 2.51. The normalized spacial score (nSPS) is 25.8. The fourth-order valence-electron chi connectivity index (χ4n) is 4.52.